The smallest absolute Gasteiger partial charge is 0.410 e. The average Bonchev–Trinajstić information content (AvgIpc) is 3.31. The van der Waals surface area contributed by atoms with E-state index in [4.69, 9.17) is 10.5 Å². The van der Waals surface area contributed by atoms with Crippen molar-refractivity contribution in [3.05, 3.63) is 35.9 Å². The molecule has 1 heterocycles. The first kappa shape index (κ1) is 41.8. The Balaban J connectivity index is 1.75. The van der Waals surface area contributed by atoms with Gasteiger partial charge in [0.15, 0.2) is 5.88 Å². The van der Waals surface area contributed by atoms with Gasteiger partial charge in [0.1, 0.15) is 18.7 Å². The minimum atomic E-state index is -0.828. The molecule has 2 rings (SSSR count). The summed E-state index contributed by atoms with van der Waals surface area (Å²) in [5.74, 6) is -2.21. The number of primary amides is 1. The number of likely N-dealkylation sites (N-methyl/N-ethyl adjacent to an activating group) is 1. The van der Waals surface area contributed by atoms with Gasteiger partial charge in [-0.1, -0.05) is 60.1 Å². The molecule has 1 aromatic carbocycles. The second-order valence-corrected chi connectivity index (χ2v) is 14.5. The van der Waals surface area contributed by atoms with Crippen molar-refractivity contribution >= 4 is 47.2 Å². The topological polar surface area (TPSA) is 205 Å². The highest BCUT2D eigenvalue weighted by molar-refractivity contribution is 8.00. The number of thioether (sulfide) groups is 1. The maximum Gasteiger partial charge on any atom is 0.410 e. The number of carbonyl (C=O) groups excluding carboxylic acids is 5. The van der Waals surface area contributed by atoms with E-state index in [1.54, 1.807) is 58.0 Å². The Kier molecular flexibility index (Phi) is 17.0. The van der Waals surface area contributed by atoms with Gasteiger partial charge in [-0.25, -0.2) is 4.79 Å². The monoisotopic (exact) mass is 718 g/mol. The predicted molar refractivity (Wildman–Crippen MR) is 192 cm³/mol. The first-order chi connectivity index (χ1) is 23.5. The second kappa shape index (κ2) is 20.3. The number of anilines is 1. The molecule has 5 amide bonds. The number of amides is 5. The second-order valence-electron chi connectivity index (χ2n) is 13.0. The fourth-order valence-electron chi connectivity index (χ4n) is 5.12. The maximum atomic E-state index is 12.9. The lowest BCUT2D eigenvalue weighted by atomic mass is 10.0. The van der Waals surface area contributed by atoms with Gasteiger partial charge in [0.05, 0.1) is 11.4 Å². The normalized spacial score (nSPS) is 13.0. The first-order valence-electron chi connectivity index (χ1n) is 17.0. The molecule has 0 spiro atoms. The van der Waals surface area contributed by atoms with Gasteiger partial charge in [-0.15, -0.1) is 11.8 Å². The van der Waals surface area contributed by atoms with Crippen LogP contribution in [0.1, 0.15) is 79.2 Å². The van der Waals surface area contributed by atoms with Crippen LogP contribution in [0.2, 0.25) is 0 Å². The average molecular weight is 719 g/mol. The van der Waals surface area contributed by atoms with Crippen LogP contribution in [0.3, 0.4) is 0 Å². The molecule has 0 aliphatic carbocycles. The summed E-state index contributed by atoms with van der Waals surface area (Å²) in [6.07, 6.45) is 2.33. The minimum Gasteiger partial charge on any atom is -0.494 e. The van der Waals surface area contributed by atoms with Crippen molar-refractivity contribution in [3.63, 3.8) is 0 Å². The maximum absolute atomic E-state index is 12.9. The number of aromatic hydroxyl groups is 2. The summed E-state index contributed by atoms with van der Waals surface area (Å²) >= 11 is 1.51. The third-order valence-electron chi connectivity index (χ3n) is 8.12. The van der Waals surface area contributed by atoms with E-state index in [0.717, 1.165) is 6.42 Å². The summed E-state index contributed by atoms with van der Waals surface area (Å²) in [5, 5.41) is 29.0. The standard InChI is InChI=1S/C35H54N6O8S/c1-8-23(6)50-26-18-29(44)41(34(26)47)17-11-9-10-12-27(42)39-30(21(2)3)33(46)37-19-28(43)38-25-15-13-24(14-16-25)20-49-35(48)40(7)31(22(4)5)32(36)45/h13-16,18,21-23,30-31,44,47H,8-12,17,19-20H2,1-7H3,(H2,36,45)(H,37,46)(H,38,43)(H,39,42). The number of nitrogens with one attached hydrogen (secondary N) is 3. The Morgan fingerprint density at radius 1 is 0.960 bits per heavy atom. The van der Waals surface area contributed by atoms with Crippen LogP contribution in [-0.4, -0.2) is 80.3 Å². The number of nitrogens with two attached hydrogens (primary N) is 1. The number of rotatable bonds is 20. The Morgan fingerprint density at radius 3 is 2.20 bits per heavy atom. The van der Waals surface area contributed by atoms with Crippen molar-refractivity contribution in [2.24, 2.45) is 17.6 Å². The highest BCUT2D eigenvalue weighted by Crippen LogP contribution is 2.38. The highest BCUT2D eigenvalue weighted by Gasteiger charge is 2.29. The lowest BCUT2D eigenvalue weighted by molar-refractivity contribution is -0.130. The van der Waals surface area contributed by atoms with Gasteiger partial charge < -0.3 is 36.6 Å². The third-order valence-corrected chi connectivity index (χ3v) is 9.41. The molecule has 14 nitrogen and oxygen atoms in total. The Labute approximate surface area is 298 Å². The zero-order valence-corrected chi connectivity index (χ0v) is 31.0. The molecule has 0 fully saturated rings. The SMILES string of the molecule is CCC(C)Sc1cc(O)n(CCCCCC(=O)NC(C(=O)NCC(=O)Nc2ccc(COC(=O)N(C)C(C(N)=O)C(C)C)cc2)C(C)C)c1O. The van der Waals surface area contributed by atoms with Gasteiger partial charge in [0.2, 0.25) is 29.5 Å². The largest absolute Gasteiger partial charge is 0.494 e. The van der Waals surface area contributed by atoms with Crippen LogP contribution in [0.25, 0.3) is 0 Å². The number of benzene rings is 1. The molecule has 0 saturated carbocycles. The van der Waals surface area contributed by atoms with Crippen LogP contribution >= 0.6 is 11.8 Å². The summed E-state index contributed by atoms with van der Waals surface area (Å²) in [6, 6.07) is 6.52. The fraction of sp³-hybridized carbons (Fsp3) is 0.571. The minimum absolute atomic E-state index is 0.00642. The van der Waals surface area contributed by atoms with Gasteiger partial charge in [0.25, 0.3) is 0 Å². The van der Waals surface area contributed by atoms with Crippen LogP contribution in [0.4, 0.5) is 10.5 Å². The molecule has 2 aromatic rings. The van der Waals surface area contributed by atoms with Crippen LogP contribution in [0.15, 0.2) is 35.2 Å². The van der Waals surface area contributed by atoms with E-state index < -0.39 is 35.9 Å². The van der Waals surface area contributed by atoms with Crippen molar-refractivity contribution < 1.29 is 38.9 Å². The third kappa shape index (κ3) is 13.1. The Morgan fingerprint density at radius 2 is 1.62 bits per heavy atom. The summed E-state index contributed by atoms with van der Waals surface area (Å²) < 4.78 is 6.76. The fourth-order valence-corrected chi connectivity index (χ4v) is 6.10. The van der Waals surface area contributed by atoms with Crippen LogP contribution in [0, 0.1) is 11.8 Å². The Bertz CT molecular complexity index is 1450. The molecule has 0 aliphatic rings. The number of ether oxygens (including phenoxy) is 1. The van der Waals surface area contributed by atoms with E-state index in [-0.39, 0.29) is 49.1 Å². The van der Waals surface area contributed by atoms with Crippen LogP contribution < -0.4 is 21.7 Å². The summed E-state index contributed by atoms with van der Waals surface area (Å²) in [4.78, 5) is 63.9. The van der Waals surface area contributed by atoms with Crippen molar-refractivity contribution in [3.8, 4) is 11.8 Å². The van der Waals surface area contributed by atoms with E-state index in [0.29, 0.717) is 47.2 Å². The van der Waals surface area contributed by atoms with E-state index in [1.165, 1.54) is 28.3 Å². The van der Waals surface area contributed by atoms with Gasteiger partial charge >= 0.3 is 6.09 Å². The summed E-state index contributed by atoms with van der Waals surface area (Å²) in [7, 11) is 1.45. The molecule has 278 valence electrons. The Hall–Kier alpha value is -4.40. The van der Waals surface area contributed by atoms with Crippen molar-refractivity contribution in [2.45, 2.75) is 109 Å². The van der Waals surface area contributed by atoms with Crippen LogP contribution in [-0.2, 0) is 37.1 Å². The van der Waals surface area contributed by atoms with E-state index in [1.807, 2.05) is 0 Å². The van der Waals surface area contributed by atoms with Crippen molar-refractivity contribution in [1.82, 2.24) is 20.1 Å². The zero-order chi connectivity index (χ0) is 37.5. The van der Waals surface area contributed by atoms with Crippen LogP contribution in [0.5, 0.6) is 11.8 Å². The van der Waals surface area contributed by atoms with Gasteiger partial charge in [-0.05, 0) is 48.8 Å². The lowest BCUT2D eigenvalue weighted by Crippen LogP contribution is -2.51. The van der Waals surface area contributed by atoms with E-state index in [2.05, 4.69) is 29.8 Å². The molecule has 0 aliphatic heterocycles. The molecule has 3 atom stereocenters. The molecular formula is C35H54N6O8S. The summed E-state index contributed by atoms with van der Waals surface area (Å²) in [5.41, 5.74) is 6.52. The number of hydrogen-bond acceptors (Lipinski definition) is 9. The molecule has 0 saturated heterocycles. The molecule has 7 N–H and O–H groups in total. The quantitative estimate of drug-likeness (QED) is 0.0851. The number of hydrogen-bond donors (Lipinski definition) is 6. The summed E-state index contributed by atoms with van der Waals surface area (Å²) in [6.45, 7) is 11.3. The number of nitrogens with zero attached hydrogens (tertiary/aromatic N) is 2. The van der Waals surface area contributed by atoms with Gasteiger partial charge in [-0.3, -0.25) is 28.6 Å². The van der Waals surface area contributed by atoms with Gasteiger partial charge in [-0.2, -0.15) is 0 Å². The first-order valence-corrected chi connectivity index (χ1v) is 17.9. The van der Waals surface area contributed by atoms with Crippen molar-refractivity contribution in [2.75, 3.05) is 18.9 Å². The zero-order valence-electron chi connectivity index (χ0n) is 30.2. The number of unbranched alkanes of at least 4 members (excludes halogenated alkanes) is 2. The van der Waals surface area contributed by atoms with E-state index in [9.17, 15) is 34.2 Å². The van der Waals surface area contributed by atoms with E-state index >= 15 is 0 Å². The molecule has 0 radical (unpaired) electrons. The molecule has 3 unspecified atom stereocenters. The lowest BCUT2D eigenvalue weighted by Gasteiger charge is -2.27. The van der Waals surface area contributed by atoms with Crippen molar-refractivity contribution in [1.29, 1.82) is 0 Å². The molecular weight excluding hydrogens is 664 g/mol. The molecule has 0 bridgehead atoms. The predicted octanol–water partition coefficient (Wildman–Crippen LogP) is 4.32. The number of aromatic nitrogens is 1. The molecule has 50 heavy (non-hydrogen) atoms. The number of carbonyl (C=O) groups is 5. The molecule has 15 heteroatoms. The highest BCUT2D eigenvalue weighted by atomic mass is 32.2. The molecule has 1 aromatic heterocycles. The van der Waals surface area contributed by atoms with Gasteiger partial charge in [0, 0.05) is 37.0 Å².